The Hall–Kier alpha value is -4.30. The molecular weight excluding hydrogens is 488 g/mol. The molecule has 40 heavy (non-hydrogen) atoms. The Morgan fingerprint density at radius 1 is 0.300 bits per heavy atom. The van der Waals surface area contributed by atoms with E-state index >= 15 is 0 Å². The first-order chi connectivity index (χ1) is 19.6. The standard InChI is InChI=1S/C38H38O2/c39-37-28-38(40)36(26-24-34-21-17-32(18-22-34)14-12-30-9-5-2-6-10-30)27-35(37)25-23-33-19-15-31(16-20-33)13-11-29-7-3-1-4-8-29/h1-10,15-22,27-28,39-40H,11-14,23-26H2. The van der Waals surface area contributed by atoms with Gasteiger partial charge in [0, 0.05) is 6.07 Å². The molecule has 2 N–H and O–H groups in total. The molecule has 2 nitrogen and oxygen atoms in total. The molecule has 0 atom stereocenters. The topological polar surface area (TPSA) is 40.5 Å². The molecule has 5 aromatic carbocycles. The Balaban J connectivity index is 1.12. The van der Waals surface area contributed by atoms with Gasteiger partial charge in [-0.25, -0.2) is 0 Å². The highest BCUT2D eigenvalue weighted by Crippen LogP contribution is 2.29. The number of hydrogen-bond acceptors (Lipinski definition) is 2. The van der Waals surface area contributed by atoms with E-state index in [0.717, 1.165) is 62.5 Å². The Bertz CT molecular complexity index is 1360. The van der Waals surface area contributed by atoms with Gasteiger partial charge in [0.25, 0.3) is 0 Å². The second-order valence-electron chi connectivity index (χ2n) is 10.7. The van der Waals surface area contributed by atoms with Gasteiger partial charge in [-0.3, -0.25) is 0 Å². The molecule has 0 aliphatic rings. The number of phenols is 2. The molecular formula is C38H38O2. The van der Waals surface area contributed by atoms with Crippen LogP contribution in [0.4, 0.5) is 0 Å². The van der Waals surface area contributed by atoms with Gasteiger partial charge in [0.2, 0.25) is 0 Å². The average Bonchev–Trinajstić information content (AvgIpc) is 3.00. The lowest BCUT2D eigenvalue weighted by molar-refractivity contribution is 0.441. The summed E-state index contributed by atoms with van der Waals surface area (Å²) in [4.78, 5) is 0. The van der Waals surface area contributed by atoms with Crippen LogP contribution in [-0.2, 0) is 51.4 Å². The molecule has 0 aromatic heterocycles. The van der Waals surface area contributed by atoms with Gasteiger partial charge in [-0.05, 0) is 102 Å². The van der Waals surface area contributed by atoms with Crippen LogP contribution in [0.25, 0.3) is 0 Å². The first-order valence-electron chi connectivity index (χ1n) is 14.4. The van der Waals surface area contributed by atoms with Gasteiger partial charge >= 0.3 is 0 Å². The minimum Gasteiger partial charge on any atom is -0.508 e. The van der Waals surface area contributed by atoms with Gasteiger partial charge in [0.05, 0.1) is 0 Å². The molecule has 0 saturated heterocycles. The van der Waals surface area contributed by atoms with Gasteiger partial charge in [0.15, 0.2) is 0 Å². The van der Waals surface area contributed by atoms with E-state index in [9.17, 15) is 10.2 Å². The second kappa shape index (κ2) is 13.7. The van der Waals surface area contributed by atoms with E-state index in [-0.39, 0.29) is 11.5 Å². The zero-order chi connectivity index (χ0) is 27.6. The quantitative estimate of drug-likeness (QED) is 0.172. The third kappa shape index (κ3) is 7.86. The molecule has 0 saturated carbocycles. The lowest BCUT2D eigenvalue weighted by Crippen LogP contribution is -1.98. The molecule has 0 heterocycles. The fourth-order valence-electron chi connectivity index (χ4n) is 5.24. The predicted octanol–water partition coefficient (Wildman–Crippen LogP) is 8.24. The highest BCUT2D eigenvalue weighted by Gasteiger charge is 2.10. The highest BCUT2D eigenvalue weighted by molar-refractivity contribution is 5.46. The summed E-state index contributed by atoms with van der Waals surface area (Å²) in [6.45, 7) is 0. The van der Waals surface area contributed by atoms with E-state index in [1.165, 1.54) is 39.4 Å². The van der Waals surface area contributed by atoms with Gasteiger partial charge in [-0.2, -0.15) is 0 Å². The van der Waals surface area contributed by atoms with Crippen molar-refractivity contribution in [2.24, 2.45) is 0 Å². The summed E-state index contributed by atoms with van der Waals surface area (Å²) >= 11 is 0. The zero-order valence-electron chi connectivity index (χ0n) is 23.1. The summed E-state index contributed by atoms with van der Waals surface area (Å²) in [5, 5.41) is 21.0. The number of aromatic hydroxyl groups is 2. The summed E-state index contributed by atoms with van der Waals surface area (Å²) < 4.78 is 0. The van der Waals surface area contributed by atoms with E-state index in [0.29, 0.717) is 0 Å². The van der Waals surface area contributed by atoms with Crippen molar-refractivity contribution in [1.29, 1.82) is 0 Å². The molecule has 2 heteroatoms. The summed E-state index contributed by atoms with van der Waals surface area (Å²) in [6.07, 6.45) is 7.32. The van der Waals surface area contributed by atoms with Crippen molar-refractivity contribution in [2.75, 3.05) is 0 Å². The van der Waals surface area contributed by atoms with Gasteiger partial charge < -0.3 is 10.2 Å². The molecule has 0 bridgehead atoms. The first kappa shape index (κ1) is 27.3. The maximum atomic E-state index is 10.5. The van der Waals surface area contributed by atoms with Crippen molar-refractivity contribution in [1.82, 2.24) is 0 Å². The zero-order valence-corrected chi connectivity index (χ0v) is 23.1. The van der Waals surface area contributed by atoms with Crippen molar-refractivity contribution in [2.45, 2.75) is 51.4 Å². The van der Waals surface area contributed by atoms with Gasteiger partial charge in [-0.15, -0.1) is 0 Å². The molecule has 0 fully saturated rings. The predicted molar refractivity (Wildman–Crippen MR) is 165 cm³/mol. The normalized spacial score (nSPS) is 11.0. The van der Waals surface area contributed by atoms with Crippen LogP contribution in [0.15, 0.2) is 121 Å². The minimum absolute atomic E-state index is 0.170. The summed E-state index contributed by atoms with van der Waals surface area (Å²) in [7, 11) is 0. The lowest BCUT2D eigenvalue weighted by atomic mass is 9.96. The van der Waals surface area contributed by atoms with Crippen LogP contribution in [0, 0.1) is 0 Å². The maximum absolute atomic E-state index is 10.5. The smallest absolute Gasteiger partial charge is 0.122 e. The van der Waals surface area contributed by atoms with Crippen molar-refractivity contribution in [3.8, 4) is 11.5 Å². The van der Waals surface area contributed by atoms with Crippen LogP contribution in [0.2, 0.25) is 0 Å². The molecule has 0 spiro atoms. The van der Waals surface area contributed by atoms with Gasteiger partial charge in [0.1, 0.15) is 11.5 Å². The Labute approximate surface area is 238 Å². The molecule has 5 rings (SSSR count). The summed E-state index contributed by atoms with van der Waals surface area (Å²) in [6, 6.07) is 42.3. The van der Waals surface area contributed by atoms with Crippen LogP contribution >= 0.6 is 0 Å². The number of rotatable bonds is 12. The van der Waals surface area contributed by atoms with Crippen LogP contribution in [0.3, 0.4) is 0 Å². The highest BCUT2D eigenvalue weighted by atomic mass is 16.3. The lowest BCUT2D eigenvalue weighted by Gasteiger charge is -2.11. The summed E-state index contributed by atoms with van der Waals surface area (Å²) in [5.74, 6) is 0.340. The number of benzene rings is 5. The Kier molecular flexibility index (Phi) is 9.32. The van der Waals surface area contributed by atoms with Gasteiger partial charge in [-0.1, -0.05) is 109 Å². The number of hydrogen-bond donors (Lipinski definition) is 2. The monoisotopic (exact) mass is 526 g/mol. The number of aryl methyl sites for hydroxylation is 8. The molecule has 0 radical (unpaired) electrons. The molecule has 202 valence electrons. The van der Waals surface area contributed by atoms with Crippen LogP contribution in [-0.4, -0.2) is 10.2 Å². The SMILES string of the molecule is Oc1cc(O)c(CCc2ccc(CCc3ccccc3)cc2)cc1CCc1ccc(CCc2ccccc2)cc1. The van der Waals surface area contributed by atoms with E-state index in [4.69, 9.17) is 0 Å². The Morgan fingerprint density at radius 3 is 0.900 bits per heavy atom. The molecule has 0 aliphatic heterocycles. The fraction of sp³-hybridized carbons (Fsp3) is 0.211. The van der Waals surface area contributed by atoms with Crippen molar-refractivity contribution >= 4 is 0 Å². The largest absolute Gasteiger partial charge is 0.508 e. The summed E-state index contributed by atoms with van der Waals surface area (Å²) in [5.41, 5.74) is 9.68. The van der Waals surface area contributed by atoms with Crippen LogP contribution in [0.1, 0.15) is 44.5 Å². The molecule has 5 aromatic rings. The Morgan fingerprint density at radius 2 is 0.575 bits per heavy atom. The molecule has 0 unspecified atom stereocenters. The molecule has 0 aliphatic carbocycles. The second-order valence-corrected chi connectivity index (χ2v) is 10.7. The van der Waals surface area contributed by atoms with Crippen LogP contribution in [0.5, 0.6) is 11.5 Å². The van der Waals surface area contributed by atoms with E-state index in [1.54, 1.807) is 0 Å². The number of phenolic OH excluding ortho intramolecular Hbond substituents is 2. The van der Waals surface area contributed by atoms with Crippen molar-refractivity contribution in [3.05, 3.63) is 166 Å². The van der Waals surface area contributed by atoms with E-state index < -0.39 is 0 Å². The minimum atomic E-state index is 0.170. The average molecular weight is 527 g/mol. The maximum Gasteiger partial charge on any atom is 0.122 e. The van der Waals surface area contributed by atoms with Crippen molar-refractivity contribution < 1.29 is 10.2 Å². The third-order valence-corrected chi connectivity index (χ3v) is 7.78. The first-order valence-corrected chi connectivity index (χ1v) is 14.4. The van der Waals surface area contributed by atoms with E-state index in [1.807, 2.05) is 6.07 Å². The van der Waals surface area contributed by atoms with E-state index in [2.05, 4.69) is 109 Å². The van der Waals surface area contributed by atoms with Crippen molar-refractivity contribution in [3.63, 3.8) is 0 Å². The van der Waals surface area contributed by atoms with Crippen LogP contribution < -0.4 is 0 Å². The molecule has 0 amide bonds. The fourth-order valence-corrected chi connectivity index (χ4v) is 5.24. The third-order valence-electron chi connectivity index (χ3n) is 7.78.